The Morgan fingerprint density at radius 1 is 0.893 bits per heavy atom. The van der Waals surface area contributed by atoms with E-state index in [1.807, 2.05) is 12.1 Å². The second kappa shape index (κ2) is 7.98. The molecule has 0 saturated heterocycles. The summed E-state index contributed by atoms with van der Waals surface area (Å²) in [5, 5.41) is 5.04. The summed E-state index contributed by atoms with van der Waals surface area (Å²) in [7, 11) is -4.77. The summed E-state index contributed by atoms with van der Waals surface area (Å²) in [6, 6.07) is 17.0. The van der Waals surface area contributed by atoms with Crippen molar-refractivity contribution in [2.24, 2.45) is 5.10 Å². The fourth-order valence-electron chi connectivity index (χ4n) is 3.07. The molecule has 8 heteroatoms. The Morgan fingerprint density at radius 3 is 2.39 bits per heavy atom. The predicted octanol–water partition coefficient (Wildman–Crippen LogP) is 0.160. The number of hydrogen-bond acceptors (Lipinski definition) is 6. The number of fused-ring (bicyclic) bond motifs is 2. The van der Waals surface area contributed by atoms with Crippen molar-refractivity contribution in [1.29, 1.82) is 0 Å². The molecule has 0 bridgehead atoms. The molecule has 134 valence electrons. The first-order valence-corrected chi connectivity index (χ1v) is 9.49. The van der Waals surface area contributed by atoms with Crippen molar-refractivity contribution in [1.82, 2.24) is 0 Å². The van der Waals surface area contributed by atoms with Crippen molar-refractivity contribution < 1.29 is 47.3 Å². The summed E-state index contributed by atoms with van der Waals surface area (Å²) in [4.78, 5) is 11.8. The normalized spacial score (nSPS) is 14.6. The van der Waals surface area contributed by atoms with E-state index in [2.05, 4.69) is 10.5 Å². The minimum atomic E-state index is -4.77. The van der Waals surface area contributed by atoms with Crippen LogP contribution in [0.15, 0.2) is 76.7 Å². The van der Waals surface area contributed by atoms with Crippen molar-refractivity contribution in [3.63, 3.8) is 0 Å². The summed E-state index contributed by atoms with van der Waals surface area (Å²) < 4.78 is 35.6. The van der Waals surface area contributed by atoms with Crippen molar-refractivity contribution in [3.05, 3.63) is 77.9 Å². The van der Waals surface area contributed by atoms with E-state index in [0.717, 1.165) is 5.56 Å². The molecule has 0 atom stereocenters. The van der Waals surface area contributed by atoms with Crippen LogP contribution in [0, 0.1) is 0 Å². The molecule has 0 unspecified atom stereocenters. The Labute approximate surface area is 184 Å². The smallest absolute Gasteiger partial charge is 0.744 e. The molecule has 0 saturated carbocycles. The fourth-order valence-corrected chi connectivity index (χ4v) is 3.91. The van der Waals surface area contributed by atoms with Gasteiger partial charge in [-0.15, -0.1) is 0 Å². The third-order valence-corrected chi connectivity index (χ3v) is 5.22. The average molecular weight is 400 g/mol. The number of rotatable bonds is 3. The van der Waals surface area contributed by atoms with E-state index in [0.29, 0.717) is 16.3 Å². The van der Waals surface area contributed by atoms with Crippen LogP contribution >= 0.6 is 0 Å². The molecule has 1 N–H and O–H groups in total. The Kier molecular flexibility index (Phi) is 5.83. The summed E-state index contributed by atoms with van der Waals surface area (Å²) in [6.45, 7) is 0. The molecule has 0 aliphatic heterocycles. The maximum absolute atomic E-state index is 12.2. The molecular formula is C20H13N2NaO4S. The van der Waals surface area contributed by atoms with E-state index >= 15 is 0 Å². The van der Waals surface area contributed by atoms with Gasteiger partial charge in [0.15, 0.2) is 0 Å². The number of ketones is 1. The molecule has 0 radical (unpaired) electrons. The van der Waals surface area contributed by atoms with Gasteiger partial charge in [-0.3, -0.25) is 10.2 Å². The van der Waals surface area contributed by atoms with Gasteiger partial charge in [0.25, 0.3) is 0 Å². The Balaban J connectivity index is 0.00000225. The Morgan fingerprint density at radius 2 is 1.61 bits per heavy atom. The summed E-state index contributed by atoms with van der Waals surface area (Å²) >= 11 is 0. The Bertz CT molecular complexity index is 1250. The van der Waals surface area contributed by atoms with E-state index in [4.69, 9.17) is 0 Å². The number of nitrogens with one attached hydrogen (secondary N) is 1. The first-order chi connectivity index (χ1) is 12.9. The summed E-state index contributed by atoms with van der Waals surface area (Å²) in [5.74, 6) is -0.312. The molecule has 4 rings (SSSR count). The van der Waals surface area contributed by atoms with Crippen LogP contribution in [0.3, 0.4) is 0 Å². The number of hydrazone groups is 1. The number of anilines is 1. The third-order valence-electron chi connectivity index (χ3n) is 4.28. The van der Waals surface area contributed by atoms with E-state index in [1.165, 1.54) is 12.1 Å². The van der Waals surface area contributed by atoms with Crippen molar-refractivity contribution in [2.45, 2.75) is 4.90 Å². The van der Waals surface area contributed by atoms with Gasteiger partial charge in [-0.25, -0.2) is 8.42 Å². The first-order valence-electron chi connectivity index (χ1n) is 8.08. The molecule has 3 aromatic rings. The van der Waals surface area contributed by atoms with Gasteiger partial charge < -0.3 is 4.55 Å². The van der Waals surface area contributed by atoms with Gasteiger partial charge >= 0.3 is 29.6 Å². The molecule has 1 aliphatic rings. The average Bonchev–Trinajstić information content (AvgIpc) is 2.66. The maximum atomic E-state index is 12.2. The number of hydrogen-bond donors (Lipinski definition) is 1. The molecular weight excluding hydrogens is 387 g/mol. The van der Waals surface area contributed by atoms with Crippen LogP contribution in [0.4, 0.5) is 5.69 Å². The van der Waals surface area contributed by atoms with E-state index in [1.54, 1.807) is 48.5 Å². The van der Waals surface area contributed by atoms with Crippen LogP contribution in [0.2, 0.25) is 0 Å². The predicted molar refractivity (Wildman–Crippen MR) is 103 cm³/mol. The van der Waals surface area contributed by atoms with E-state index in [9.17, 15) is 17.8 Å². The van der Waals surface area contributed by atoms with Crippen molar-refractivity contribution in [2.75, 3.05) is 5.43 Å². The first kappa shape index (κ1) is 20.4. The molecule has 1 aliphatic carbocycles. The van der Waals surface area contributed by atoms with Crippen LogP contribution in [0.25, 0.3) is 16.8 Å². The van der Waals surface area contributed by atoms with Gasteiger partial charge in [-0.1, -0.05) is 60.7 Å². The minimum absolute atomic E-state index is 0. The number of carbonyl (C=O) groups excluding carboxylic acids is 1. The van der Waals surface area contributed by atoms with Gasteiger partial charge in [0.05, 0.1) is 10.6 Å². The second-order valence-corrected chi connectivity index (χ2v) is 7.29. The van der Waals surface area contributed by atoms with Crippen molar-refractivity contribution in [3.8, 4) is 0 Å². The Hall–Kier alpha value is -2.29. The molecule has 3 aromatic carbocycles. The fraction of sp³-hybridized carbons (Fsp3) is 0. The van der Waals surface area contributed by atoms with Gasteiger partial charge in [0, 0.05) is 10.9 Å². The number of allylic oxidation sites excluding steroid dienone is 1. The minimum Gasteiger partial charge on any atom is -0.744 e. The monoisotopic (exact) mass is 400 g/mol. The van der Waals surface area contributed by atoms with Gasteiger partial charge in [0.2, 0.25) is 5.78 Å². The van der Waals surface area contributed by atoms with Crippen LogP contribution in [-0.4, -0.2) is 24.5 Å². The number of nitrogens with zero attached hydrogens (tertiary/aromatic N) is 1. The van der Waals surface area contributed by atoms with E-state index < -0.39 is 15.0 Å². The van der Waals surface area contributed by atoms with Gasteiger partial charge in [0.1, 0.15) is 15.8 Å². The molecule has 0 fully saturated rings. The zero-order valence-corrected chi connectivity index (χ0v) is 17.7. The van der Waals surface area contributed by atoms with Crippen LogP contribution in [-0.2, 0) is 14.9 Å². The number of carbonyl (C=O) groups is 1. The SMILES string of the molecule is O=C1C=Cc2ccccc2/C1=N/Nc1ccc2ccccc2c1S(=O)(=O)[O-].[Na+]. The quantitative estimate of drug-likeness (QED) is 0.384. The van der Waals surface area contributed by atoms with E-state index in [-0.39, 0.29) is 46.7 Å². The zero-order valence-electron chi connectivity index (χ0n) is 14.9. The largest absolute Gasteiger partial charge is 1.00 e. The van der Waals surface area contributed by atoms with Gasteiger partial charge in [-0.2, -0.15) is 5.10 Å². The summed E-state index contributed by atoms with van der Waals surface area (Å²) in [6.07, 6.45) is 3.09. The van der Waals surface area contributed by atoms with Crippen LogP contribution in [0.1, 0.15) is 11.1 Å². The van der Waals surface area contributed by atoms with Crippen LogP contribution in [0.5, 0.6) is 0 Å². The maximum Gasteiger partial charge on any atom is 1.00 e. The molecule has 0 aromatic heterocycles. The molecule has 28 heavy (non-hydrogen) atoms. The standard InChI is InChI=1S/C20H14N2O4S.Na/c23-18-12-10-13-5-1-3-7-15(13)19(18)22-21-17-11-9-14-6-2-4-8-16(14)20(17)27(24,25)26;/h1-12,21H,(H,24,25,26);/q;+1/p-1/b22-19-;. The van der Waals surface area contributed by atoms with Crippen molar-refractivity contribution >= 4 is 44.1 Å². The van der Waals surface area contributed by atoms with Crippen LogP contribution < -0.4 is 35.0 Å². The molecule has 0 heterocycles. The molecule has 6 nitrogen and oxygen atoms in total. The topological polar surface area (TPSA) is 98.7 Å². The second-order valence-electron chi connectivity index (χ2n) is 5.97. The summed E-state index contributed by atoms with van der Waals surface area (Å²) in [5.41, 5.74) is 4.24. The third kappa shape index (κ3) is 3.80. The number of benzene rings is 3. The molecule has 0 spiro atoms. The molecule has 0 amide bonds. The van der Waals surface area contributed by atoms with Gasteiger partial charge in [-0.05, 0) is 23.1 Å². The zero-order chi connectivity index (χ0) is 19.0.